The van der Waals surface area contributed by atoms with Gasteiger partial charge in [0.1, 0.15) is 11.9 Å². The number of aromatic amines is 1. The molecule has 3 rings (SSSR count). The van der Waals surface area contributed by atoms with Crippen LogP contribution in [0.25, 0.3) is 0 Å². The topological polar surface area (TPSA) is 81.3 Å². The van der Waals surface area contributed by atoms with E-state index in [1.165, 1.54) is 11.4 Å². The highest BCUT2D eigenvalue weighted by atomic mass is 16.2. The van der Waals surface area contributed by atoms with Gasteiger partial charge in [0.05, 0.1) is 11.7 Å². The number of carbonyl (C=O) groups excluding carboxylic acids is 2. The average Bonchev–Trinajstić information content (AvgIpc) is 3.20. The molecule has 34 heavy (non-hydrogen) atoms. The van der Waals surface area contributed by atoms with E-state index < -0.39 is 0 Å². The van der Waals surface area contributed by atoms with Crippen molar-refractivity contribution in [1.29, 1.82) is 0 Å². The SMILES string of the molecule is CCc1nc(CC2CCN(C(=O)[C@H](CC(C)C)N3CCN[C@@H](CC(C)C)C3=O)CC2)[nH]c1CC. The van der Waals surface area contributed by atoms with Gasteiger partial charge in [0.25, 0.3) is 0 Å². The van der Waals surface area contributed by atoms with E-state index in [4.69, 9.17) is 4.98 Å². The van der Waals surface area contributed by atoms with Gasteiger partial charge in [-0.3, -0.25) is 9.59 Å². The summed E-state index contributed by atoms with van der Waals surface area (Å²) in [7, 11) is 0. The van der Waals surface area contributed by atoms with Gasteiger partial charge in [-0.15, -0.1) is 0 Å². The molecule has 192 valence electrons. The first kappa shape index (κ1) is 26.7. The number of H-pyrrole nitrogens is 1. The first-order valence-corrected chi connectivity index (χ1v) is 13.6. The molecule has 0 aliphatic carbocycles. The molecule has 7 heteroatoms. The number of hydrogen-bond acceptors (Lipinski definition) is 4. The Balaban J connectivity index is 1.62. The molecule has 3 heterocycles. The van der Waals surface area contributed by atoms with Crippen LogP contribution < -0.4 is 5.32 Å². The second-order valence-corrected chi connectivity index (χ2v) is 11.1. The predicted molar refractivity (Wildman–Crippen MR) is 137 cm³/mol. The van der Waals surface area contributed by atoms with Crippen molar-refractivity contribution in [2.75, 3.05) is 26.2 Å². The Morgan fingerprint density at radius 3 is 2.32 bits per heavy atom. The zero-order chi connectivity index (χ0) is 24.8. The van der Waals surface area contributed by atoms with Crippen molar-refractivity contribution in [3.8, 4) is 0 Å². The number of imidazole rings is 1. The van der Waals surface area contributed by atoms with E-state index in [1.807, 2.05) is 9.80 Å². The van der Waals surface area contributed by atoms with Crippen LogP contribution in [0, 0.1) is 17.8 Å². The molecular weight excluding hydrogens is 426 g/mol. The molecule has 2 fully saturated rings. The highest BCUT2D eigenvalue weighted by Crippen LogP contribution is 2.25. The lowest BCUT2D eigenvalue weighted by atomic mass is 9.91. The molecule has 7 nitrogen and oxygen atoms in total. The quantitative estimate of drug-likeness (QED) is 0.544. The Labute approximate surface area is 206 Å². The zero-order valence-corrected chi connectivity index (χ0v) is 22.3. The van der Waals surface area contributed by atoms with Gasteiger partial charge in [0.15, 0.2) is 0 Å². The summed E-state index contributed by atoms with van der Waals surface area (Å²) >= 11 is 0. The van der Waals surface area contributed by atoms with E-state index in [9.17, 15) is 9.59 Å². The van der Waals surface area contributed by atoms with E-state index in [-0.39, 0.29) is 23.9 Å². The molecule has 0 saturated carbocycles. The number of nitrogens with zero attached hydrogens (tertiary/aromatic N) is 3. The number of rotatable bonds is 10. The van der Waals surface area contributed by atoms with E-state index in [2.05, 4.69) is 51.8 Å². The first-order chi connectivity index (χ1) is 16.2. The number of aryl methyl sites for hydroxylation is 2. The lowest BCUT2D eigenvalue weighted by molar-refractivity contribution is -0.150. The molecule has 0 radical (unpaired) electrons. The van der Waals surface area contributed by atoms with Gasteiger partial charge in [-0.25, -0.2) is 4.98 Å². The number of nitrogens with one attached hydrogen (secondary N) is 2. The van der Waals surface area contributed by atoms with Crippen LogP contribution in [0.1, 0.15) is 84.4 Å². The van der Waals surface area contributed by atoms with E-state index >= 15 is 0 Å². The monoisotopic (exact) mass is 473 g/mol. The van der Waals surface area contributed by atoms with Crippen LogP contribution in [0.2, 0.25) is 0 Å². The van der Waals surface area contributed by atoms with Crippen molar-refractivity contribution in [2.24, 2.45) is 17.8 Å². The van der Waals surface area contributed by atoms with Crippen LogP contribution in [0.15, 0.2) is 0 Å². The van der Waals surface area contributed by atoms with Crippen molar-refractivity contribution in [1.82, 2.24) is 25.1 Å². The lowest BCUT2D eigenvalue weighted by Gasteiger charge is -2.42. The van der Waals surface area contributed by atoms with E-state index in [0.717, 1.165) is 70.4 Å². The number of aromatic nitrogens is 2. The van der Waals surface area contributed by atoms with Gasteiger partial charge in [0, 0.05) is 38.3 Å². The normalized spacial score (nSPS) is 21.1. The summed E-state index contributed by atoms with van der Waals surface area (Å²) < 4.78 is 0. The summed E-state index contributed by atoms with van der Waals surface area (Å²) in [6.45, 7) is 15.8. The summed E-state index contributed by atoms with van der Waals surface area (Å²) in [4.78, 5) is 39.2. The molecule has 2 atom stereocenters. The molecule has 0 bridgehead atoms. The molecule has 2 aliphatic rings. The molecule has 1 aromatic heterocycles. The number of hydrogen-bond donors (Lipinski definition) is 2. The fourth-order valence-corrected chi connectivity index (χ4v) is 5.56. The Morgan fingerprint density at radius 2 is 1.76 bits per heavy atom. The Morgan fingerprint density at radius 1 is 1.06 bits per heavy atom. The molecule has 0 unspecified atom stereocenters. The van der Waals surface area contributed by atoms with Crippen molar-refractivity contribution in [3.05, 3.63) is 17.2 Å². The second kappa shape index (κ2) is 12.2. The molecule has 1 aromatic rings. The van der Waals surface area contributed by atoms with Gasteiger partial charge in [-0.2, -0.15) is 0 Å². The highest BCUT2D eigenvalue weighted by Gasteiger charge is 2.39. The first-order valence-electron chi connectivity index (χ1n) is 13.6. The molecular formula is C27H47N5O2. The van der Waals surface area contributed by atoms with Gasteiger partial charge in [-0.05, 0) is 56.3 Å². The molecule has 0 spiro atoms. The maximum atomic E-state index is 13.7. The third-order valence-corrected chi connectivity index (χ3v) is 7.40. The highest BCUT2D eigenvalue weighted by molar-refractivity contribution is 5.90. The standard InChI is InChI=1S/C27H47N5O2/c1-7-21-22(8-2)30-25(29-21)17-20-9-12-31(13-10-20)27(34)24(16-19(5)6)32-14-11-28-23(26(32)33)15-18(3)4/h18-20,23-24,28H,7-17H2,1-6H3,(H,29,30)/t23-,24-/m0/s1. The molecule has 2 amide bonds. The minimum Gasteiger partial charge on any atom is -0.346 e. The largest absolute Gasteiger partial charge is 0.346 e. The van der Waals surface area contributed by atoms with Crippen LogP contribution >= 0.6 is 0 Å². The Hall–Kier alpha value is -1.89. The van der Waals surface area contributed by atoms with Crippen molar-refractivity contribution >= 4 is 11.8 Å². The molecule has 0 aromatic carbocycles. The summed E-state index contributed by atoms with van der Waals surface area (Å²) in [6.07, 6.45) is 6.44. The van der Waals surface area contributed by atoms with Crippen molar-refractivity contribution in [2.45, 2.75) is 98.6 Å². The zero-order valence-electron chi connectivity index (χ0n) is 22.3. The number of carbonyl (C=O) groups is 2. The number of piperidine rings is 1. The number of amides is 2. The number of likely N-dealkylation sites (tertiary alicyclic amines) is 1. The molecule has 2 saturated heterocycles. The van der Waals surface area contributed by atoms with E-state index in [0.29, 0.717) is 24.3 Å². The minimum atomic E-state index is -0.342. The van der Waals surface area contributed by atoms with Crippen LogP contribution in [0.4, 0.5) is 0 Å². The van der Waals surface area contributed by atoms with Gasteiger partial charge in [-0.1, -0.05) is 41.5 Å². The minimum absolute atomic E-state index is 0.102. The predicted octanol–water partition coefficient (Wildman–Crippen LogP) is 3.58. The molecule has 2 N–H and O–H groups in total. The van der Waals surface area contributed by atoms with Gasteiger partial charge < -0.3 is 20.1 Å². The number of piperazine rings is 1. The second-order valence-electron chi connectivity index (χ2n) is 11.1. The van der Waals surface area contributed by atoms with Crippen LogP contribution in [-0.2, 0) is 28.9 Å². The summed E-state index contributed by atoms with van der Waals surface area (Å²) in [5, 5.41) is 3.37. The fourth-order valence-electron chi connectivity index (χ4n) is 5.56. The van der Waals surface area contributed by atoms with E-state index in [1.54, 1.807) is 0 Å². The maximum absolute atomic E-state index is 13.7. The van der Waals surface area contributed by atoms with Gasteiger partial charge in [0.2, 0.25) is 11.8 Å². The average molecular weight is 474 g/mol. The Kier molecular flexibility index (Phi) is 9.57. The Bertz CT molecular complexity index is 788. The smallest absolute Gasteiger partial charge is 0.245 e. The third kappa shape index (κ3) is 6.61. The summed E-state index contributed by atoms with van der Waals surface area (Å²) in [5.74, 6) is 2.69. The molecule has 2 aliphatic heterocycles. The maximum Gasteiger partial charge on any atom is 0.245 e. The van der Waals surface area contributed by atoms with Crippen molar-refractivity contribution in [3.63, 3.8) is 0 Å². The summed E-state index contributed by atoms with van der Waals surface area (Å²) in [5.41, 5.74) is 2.45. The summed E-state index contributed by atoms with van der Waals surface area (Å²) in [6, 6.07) is -0.513. The van der Waals surface area contributed by atoms with Crippen LogP contribution in [0.3, 0.4) is 0 Å². The van der Waals surface area contributed by atoms with Crippen LogP contribution in [0.5, 0.6) is 0 Å². The van der Waals surface area contributed by atoms with Crippen molar-refractivity contribution < 1.29 is 9.59 Å². The third-order valence-electron chi connectivity index (χ3n) is 7.40. The lowest BCUT2D eigenvalue weighted by Crippen LogP contribution is -2.62. The van der Waals surface area contributed by atoms with Crippen LogP contribution in [-0.4, -0.2) is 69.8 Å². The fraction of sp³-hybridized carbons (Fsp3) is 0.815. The van der Waals surface area contributed by atoms with Gasteiger partial charge >= 0.3 is 0 Å².